The van der Waals surface area contributed by atoms with Crippen molar-refractivity contribution >= 4 is 5.91 Å². The van der Waals surface area contributed by atoms with Crippen molar-refractivity contribution in [3.8, 4) is 5.75 Å². The summed E-state index contributed by atoms with van der Waals surface area (Å²) in [7, 11) is 1.73. The maximum atomic E-state index is 12.3. The van der Waals surface area contributed by atoms with Crippen molar-refractivity contribution < 1.29 is 19.2 Å². The van der Waals surface area contributed by atoms with Crippen molar-refractivity contribution in [3.05, 3.63) is 46.8 Å². The summed E-state index contributed by atoms with van der Waals surface area (Å²) in [5.74, 6) is 1.35. The lowest BCUT2D eigenvalue weighted by atomic mass is 10.2. The van der Waals surface area contributed by atoms with Crippen LogP contribution in [0.2, 0.25) is 0 Å². The van der Waals surface area contributed by atoms with Gasteiger partial charge in [-0.25, -0.2) is 0 Å². The summed E-state index contributed by atoms with van der Waals surface area (Å²) in [4.78, 5) is 13.9. The van der Waals surface area contributed by atoms with Crippen molar-refractivity contribution in [2.45, 2.75) is 39.9 Å². The van der Waals surface area contributed by atoms with E-state index in [2.05, 4.69) is 5.16 Å². The number of hydrogen-bond donors (Lipinski definition) is 1. The van der Waals surface area contributed by atoms with Crippen LogP contribution in [0.15, 0.2) is 28.8 Å². The van der Waals surface area contributed by atoms with E-state index in [-0.39, 0.29) is 5.91 Å². The first-order chi connectivity index (χ1) is 11.4. The first-order valence-electron chi connectivity index (χ1n) is 7.96. The highest BCUT2D eigenvalue weighted by molar-refractivity contribution is 5.94. The third-order valence-electron chi connectivity index (χ3n) is 3.89. The van der Waals surface area contributed by atoms with E-state index in [9.17, 15) is 9.90 Å². The fraction of sp³-hybridized carbons (Fsp3) is 0.444. The minimum atomic E-state index is -0.416. The van der Waals surface area contributed by atoms with Crippen molar-refractivity contribution in [2.75, 3.05) is 13.6 Å². The van der Waals surface area contributed by atoms with Gasteiger partial charge in [0.05, 0.1) is 17.4 Å². The molecule has 0 saturated carbocycles. The fourth-order valence-electron chi connectivity index (χ4n) is 2.26. The minimum Gasteiger partial charge on any atom is -0.489 e. The summed E-state index contributed by atoms with van der Waals surface area (Å²) in [6.45, 7) is 6.33. The van der Waals surface area contributed by atoms with Crippen molar-refractivity contribution in [1.29, 1.82) is 0 Å². The average molecular weight is 332 g/mol. The number of hydrogen-bond acceptors (Lipinski definition) is 5. The van der Waals surface area contributed by atoms with E-state index < -0.39 is 6.10 Å². The SMILES string of the molecule is Cc1noc(C)c1COc1ccc(C(=O)N(C)CCC(C)O)cc1. The maximum absolute atomic E-state index is 12.3. The second-order valence-electron chi connectivity index (χ2n) is 5.98. The average Bonchev–Trinajstić information content (AvgIpc) is 2.89. The molecular formula is C18H24N2O4. The number of nitrogens with zero attached hydrogens (tertiary/aromatic N) is 2. The monoisotopic (exact) mass is 332 g/mol. The minimum absolute atomic E-state index is 0.0760. The lowest BCUT2D eigenvalue weighted by Crippen LogP contribution is -2.29. The molecule has 0 bridgehead atoms. The Morgan fingerprint density at radius 1 is 1.33 bits per heavy atom. The number of aliphatic hydroxyl groups is 1. The second kappa shape index (κ2) is 7.97. The van der Waals surface area contributed by atoms with Gasteiger partial charge in [0.2, 0.25) is 0 Å². The van der Waals surface area contributed by atoms with Crippen LogP contribution in [-0.2, 0) is 6.61 Å². The number of carbonyl (C=O) groups is 1. The molecule has 0 aliphatic heterocycles. The van der Waals surface area contributed by atoms with Gasteiger partial charge in [-0.3, -0.25) is 4.79 Å². The van der Waals surface area contributed by atoms with Gasteiger partial charge in [0.1, 0.15) is 18.1 Å². The molecule has 6 nitrogen and oxygen atoms in total. The number of amides is 1. The highest BCUT2D eigenvalue weighted by atomic mass is 16.5. The van der Waals surface area contributed by atoms with Gasteiger partial charge >= 0.3 is 0 Å². The van der Waals surface area contributed by atoms with E-state index >= 15 is 0 Å². The first-order valence-corrected chi connectivity index (χ1v) is 7.96. The van der Waals surface area contributed by atoms with Crippen LogP contribution in [0.5, 0.6) is 5.75 Å². The predicted molar refractivity (Wildman–Crippen MR) is 90.0 cm³/mol. The van der Waals surface area contributed by atoms with Gasteiger partial charge in [-0.2, -0.15) is 0 Å². The van der Waals surface area contributed by atoms with Gasteiger partial charge < -0.3 is 19.3 Å². The largest absolute Gasteiger partial charge is 0.489 e. The van der Waals surface area contributed by atoms with E-state index in [1.807, 2.05) is 13.8 Å². The van der Waals surface area contributed by atoms with E-state index in [1.54, 1.807) is 43.1 Å². The van der Waals surface area contributed by atoms with E-state index in [1.165, 1.54) is 0 Å². The number of ether oxygens (including phenoxy) is 1. The highest BCUT2D eigenvalue weighted by Crippen LogP contribution is 2.18. The predicted octanol–water partition coefficient (Wildman–Crippen LogP) is 2.71. The Morgan fingerprint density at radius 3 is 2.54 bits per heavy atom. The Bertz CT molecular complexity index is 657. The zero-order valence-electron chi connectivity index (χ0n) is 14.6. The van der Waals surface area contributed by atoms with Crippen LogP contribution in [0.1, 0.15) is 40.7 Å². The lowest BCUT2D eigenvalue weighted by Gasteiger charge is -2.18. The Hall–Kier alpha value is -2.34. The quantitative estimate of drug-likeness (QED) is 0.844. The molecule has 0 fully saturated rings. The molecule has 1 aromatic heterocycles. The normalized spacial score (nSPS) is 12.0. The van der Waals surface area contributed by atoms with Crippen LogP contribution >= 0.6 is 0 Å². The molecule has 0 aliphatic carbocycles. The zero-order valence-corrected chi connectivity index (χ0v) is 14.6. The summed E-state index contributed by atoms with van der Waals surface area (Å²) in [6.07, 6.45) is 0.140. The molecule has 1 aromatic carbocycles. The molecule has 1 heterocycles. The van der Waals surface area contributed by atoms with Gasteiger partial charge in [-0.05, 0) is 51.5 Å². The Balaban J connectivity index is 1.94. The molecule has 0 radical (unpaired) electrons. The maximum Gasteiger partial charge on any atom is 0.253 e. The number of benzene rings is 1. The third kappa shape index (κ3) is 4.58. The summed E-state index contributed by atoms with van der Waals surface area (Å²) >= 11 is 0. The molecule has 1 amide bonds. The fourth-order valence-corrected chi connectivity index (χ4v) is 2.26. The lowest BCUT2D eigenvalue weighted by molar-refractivity contribution is 0.0769. The molecule has 130 valence electrons. The molecule has 2 rings (SSSR count). The van der Waals surface area contributed by atoms with Gasteiger partial charge in [-0.1, -0.05) is 5.16 Å². The van der Waals surface area contributed by atoms with Crippen molar-refractivity contribution in [3.63, 3.8) is 0 Å². The Kier molecular flexibility index (Phi) is 5.98. The summed E-state index contributed by atoms with van der Waals surface area (Å²) in [5, 5.41) is 13.2. The molecule has 1 N–H and O–H groups in total. The first kappa shape index (κ1) is 18.0. The van der Waals surface area contributed by atoms with Gasteiger partial charge in [0, 0.05) is 19.2 Å². The number of aliphatic hydroxyl groups excluding tert-OH is 1. The molecule has 0 spiro atoms. The zero-order chi connectivity index (χ0) is 17.7. The Morgan fingerprint density at radius 2 is 2.00 bits per heavy atom. The molecule has 24 heavy (non-hydrogen) atoms. The van der Waals surface area contributed by atoms with Gasteiger partial charge in [0.15, 0.2) is 0 Å². The molecule has 1 unspecified atom stereocenters. The number of aromatic nitrogens is 1. The number of rotatable bonds is 7. The van der Waals surface area contributed by atoms with Crippen molar-refractivity contribution in [2.24, 2.45) is 0 Å². The second-order valence-corrected chi connectivity index (χ2v) is 5.98. The van der Waals surface area contributed by atoms with Gasteiger partial charge in [0.25, 0.3) is 5.91 Å². The molecule has 0 saturated heterocycles. The summed E-state index contributed by atoms with van der Waals surface area (Å²) < 4.78 is 10.8. The third-order valence-corrected chi connectivity index (χ3v) is 3.89. The summed E-state index contributed by atoms with van der Waals surface area (Å²) in [5.41, 5.74) is 2.35. The topological polar surface area (TPSA) is 75.8 Å². The van der Waals surface area contributed by atoms with Gasteiger partial charge in [-0.15, -0.1) is 0 Å². The standard InChI is InChI=1S/C18H24N2O4/c1-12(21)9-10-20(4)18(22)15-5-7-16(8-6-15)23-11-17-13(2)19-24-14(17)3/h5-8,12,21H,9-11H2,1-4H3. The summed E-state index contributed by atoms with van der Waals surface area (Å²) in [6, 6.07) is 7.02. The van der Waals surface area contributed by atoms with E-state index in [0.717, 1.165) is 17.0 Å². The van der Waals surface area contributed by atoms with E-state index in [4.69, 9.17) is 9.26 Å². The molecular weight excluding hydrogens is 308 g/mol. The smallest absolute Gasteiger partial charge is 0.253 e. The van der Waals surface area contributed by atoms with Crippen LogP contribution in [0.4, 0.5) is 0 Å². The van der Waals surface area contributed by atoms with Crippen LogP contribution in [-0.4, -0.2) is 40.8 Å². The van der Waals surface area contributed by atoms with Crippen LogP contribution < -0.4 is 4.74 Å². The number of carbonyl (C=O) groups excluding carboxylic acids is 1. The molecule has 2 aromatic rings. The van der Waals surface area contributed by atoms with Crippen LogP contribution in [0.25, 0.3) is 0 Å². The van der Waals surface area contributed by atoms with Crippen LogP contribution in [0.3, 0.4) is 0 Å². The molecule has 6 heteroatoms. The van der Waals surface area contributed by atoms with Crippen LogP contribution in [0, 0.1) is 13.8 Å². The molecule has 1 atom stereocenters. The molecule has 0 aliphatic rings. The number of aryl methyl sites for hydroxylation is 2. The van der Waals surface area contributed by atoms with Crippen molar-refractivity contribution in [1.82, 2.24) is 10.1 Å². The highest BCUT2D eigenvalue weighted by Gasteiger charge is 2.13. The van der Waals surface area contributed by atoms with E-state index in [0.29, 0.717) is 30.9 Å². The Labute approximate surface area is 142 Å².